The number of nitrogens with zero attached hydrogens (tertiary/aromatic N) is 1. The maximum Gasteiger partial charge on any atom is 0.335 e. The zero-order valence-electron chi connectivity index (χ0n) is 17.7. The van der Waals surface area contributed by atoms with Crippen LogP contribution in [0.1, 0.15) is 53.9 Å². The molecule has 0 aromatic heterocycles. The van der Waals surface area contributed by atoms with E-state index in [2.05, 4.69) is 31.1 Å². The summed E-state index contributed by atoms with van der Waals surface area (Å²) in [6.45, 7) is 0.878. The standard InChI is InChI=1S/C17H27NO2.C7H6O2/c1-18(2)13-16(17(19)11-5-4-6-12-17)14-7-9-15(20-3)10-8-14;8-7(9)6-4-2-1-3-5-6/h7-10,16,19H,4-6,11-13H2,1-3H3;1-5H,(H,8,9). The fraction of sp³-hybridized carbons (Fsp3) is 0.458. The average molecular weight is 400 g/mol. The van der Waals surface area contributed by atoms with Crippen LogP contribution in [0.15, 0.2) is 54.6 Å². The molecule has 3 rings (SSSR count). The first kappa shape index (κ1) is 22.9. The fourth-order valence-corrected chi connectivity index (χ4v) is 3.88. The number of rotatable bonds is 6. The van der Waals surface area contributed by atoms with Crippen molar-refractivity contribution in [3.8, 4) is 5.75 Å². The van der Waals surface area contributed by atoms with Gasteiger partial charge in [0.2, 0.25) is 0 Å². The molecule has 158 valence electrons. The molecule has 1 atom stereocenters. The summed E-state index contributed by atoms with van der Waals surface area (Å²) >= 11 is 0. The predicted molar refractivity (Wildman–Crippen MR) is 116 cm³/mol. The lowest BCUT2D eigenvalue weighted by atomic mass is 9.72. The first-order valence-electron chi connectivity index (χ1n) is 10.1. The molecule has 5 nitrogen and oxygen atoms in total. The summed E-state index contributed by atoms with van der Waals surface area (Å²) < 4.78 is 5.23. The van der Waals surface area contributed by atoms with E-state index in [4.69, 9.17) is 9.84 Å². The van der Waals surface area contributed by atoms with Crippen LogP contribution in [0.4, 0.5) is 0 Å². The van der Waals surface area contributed by atoms with Crippen LogP contribution < -0.4 is 4.74 Å². The third kappa shape index (κ3) is 6.87. The number of methoxy groups -OCH3 is 1. The summed E-state index contributed by atoms with van der Waals surface area (Å²) in [5.41, 5.74) is 0.985. The highest BCUT2D eigenvalue weighted by atomic mass is 16.5. The van der Waals surface area contributed by atoms with Crippen molar-refractivity contribution in [1.29, 1.82) is 0 Å². The monoisotopic (exact) mass is 399 g/mol. The van der Waals surface area contributed by atoms with Gasteiger partial charge in [0.1, 0.15) is 5.75 Å². The Hall–Kier alpha value is -2.37. The van der Waals surface area contributed by atoms with Gasteiger partial charge in [0.15, 0.2) is 0 Å². The molecule has 29 heavy (non-hydrogen) atoms. The Kier molecular flexibility index (Phi) is 8.68. The minimum absolute atomic E-state index is 0.170. The van der Waals surface area contributed by atoms with Gasteiger partial charge in [0.25, 0.3) is 0 Å². The van der Waals surface area contributed by atoms with E-state index in [0.29, 0.717) is 5.56 Å². The van der Waals surface area contributed by atoms with Gasteiger partial charge in [-0.25, -0.2) is 4.79 Å². The second kappa shape index (κ2) is 11.0. The van der Waals surface area contributed by atoms with Gasteiger partial charge in [-0.2, -0.15) is 0 Å². The van der Waals surface area contributed by atoms with Crippen molar-refractivity contribution >= 4 is 5.97 Å². The smallest absolute Gasteiger partial charge is 0.335 e. The Balaban J connectivity index is 0.000000278. The van der Waals surface area contributed by atoms with E-state index in [9.17, 15) is 9.90 Å². The minimum atomic E-state index is -0.879. The van der Waals surface area contributed by atoms with E-state index in [1.165, 1.54) is 12.0 Å². The Morgan fingerprint density at radius 1 is 1.03 bits per heavy atom. The number of hydrogen-bond donors (Lipinski definition) is 2. The van der Waals surface area contributed by atoms with E-state index < -0.39 is 11.6 Å². The first-order valence-corrected chi connectivity index (χ1v) is 10.1. The normalized spacial score (nSPS) is 16.4. The zero-order chi connectivity index (χ0) is 21.3. The van der Waals surface area contributed by atoms with Gasteiger partial charge in [-0.15, -0.1) is 0 Å². The SMILES string of the molecule is COc1ccc(C(CN(C)C)C2(O)CCCCC2)cc1.O=C(O)c1ccccc1. The molecule has 1 fully saturated rings. The van der Waals surface area contributed by atoms with Crippen molar-refractivity contribution < 1.29 is 19.7 Å². The highest BCUT2D eigenvalue weighted by molar-refractivity contribution is 5.87. The molecule has 5 heteroatoms. The molecular weight excluding hydrogens is 366 g/mol. The quantitative estimate of drug-likeness (QED) is 0.752. The summed E-state index contributed by atoms with van der Waals surface area (Å²) in [4.78, 5) is 12.4. The zero-order valence-corrected chi connectivity index (χ0v) is 17.7. The van der Waals surface area contributed by atoms with Crippen molar-refractivity contribution in [1.82, 2.24) is 4.90 Å². The van der Waals surface area contributed by atoms with Crippen molar-refractivity contribution in [3.05, 3.63) is 65.7 Å². The Bertz CT molecular complexity index is 737. The van der Waals surface area contributed by atoms with Crippen LogP contribution in [-0.4, -0.2) is 54.4 Å². The number of hydrogen-bond acceptors (Lipinski definition) is 4. The number of benzene rings is 2. The molecule has 1 saturated carbocycles. The van der Waals surface area contributed by atoms with E-state index >= 15 is 0 Å². The van der Waals surface area contributed by atoms with Crippen LogP contribution in [0.2, 0.25) is 0 Å². The maximum absolute atomic E-state index is 11.1. The Morgan fingerprint density at radius 3 is 2.07 bits per heavy atom. The van der Waals surface area contributed by atoms with Crippen LogP contribution in [0, 0.1) is 0 Å². The van der Waals surface area contributed by atoms with Gasteiger partial charge in [0, 0.05) is 12.5 Å². The van der Waals surface area contributed by atoms with Gasteiger partial charge in [-0.05, 0) is 56.8 Å². The molecule has 2 N–H and O–H groups in total. The molecule has 0 spiro atoms. The fourth-order valence-electron chi connectivity index (χ4n) is 3.88. The minimum Gasteiger partial charge on any atom is -0.497 e. The molecule has 0 heterocycles. The second-order valence-electron chi connectivity index (χ2n) is 7.92. The second-order valence-corrected chi connectivity index (χ2v) is 7.92. The Labute approximate surface area is 173 Å². The third-order valence-electron chi connectivity index (χ3n) is 5.45. The van der Waals surface area contributed by atoms with E-state index in [-0.39, 0.29) is 5.92 Å². The molecule has 1 aliphatic rings. The third-order valence-corrected chi connectivity index (χ3v) is 5.45. The van der Waals surface area contributed by atoms with Gasteiger partial charge in [-0.1, -0.05) is 49.6 Å². The molecule has 2 aromatic rings. The molecule has 1 unspecified atom stereocenters. The molecule has 0 amide bonds. The average Bonchev–Trinajstić information content (AvgIpc) is 2.73. The molecule has 0 saturated heterocycles. The summed E-state index contributed by atoms with van der Waals surface area (Å²) in [5, 5.41) is 19.5. The molecule has 1 aliphatic carbocycles. The molecule has 0 radical (unpaired) electrons. The number of carboxylic acids is 1. The van der Waals surface area contributed by atoms with Crippen LogP contribution in [0.3, 0.4) is 0 Å². The number of aromatic carboxylic acids is 1. The van der Waals surface area contributed by atoms with Crippen LogP contribution in [-0.2, 0) is 0 Å². The van der Waals surface area contributed by atoms with E-state index in [1.54, 1.807) is 37.4 Å². The highest BCUT2D eigenvalue weighted by Crippen LogP contribution is 2.40. The predicted octanol–water partition coefficient (Wildman–Crippen LogP) is 4.42. The summed E-state index contributed by atoms with van der Waals surface area (Å²) in [7, 11) is 5.83. The summed E-state index contributed by atoms with van der Waals surface area (Å²) in [6.07, 6.45) is 5.35. The van der Waals surface area contributed by atoms with Crippen molar-refractivity contribution in [2.75, 3.05) is 27.7 Å². The number of carboxylic acid groups (broad SMARTS) is 1. The first-order chi connectivity index (χ1) is 13.9. The lowest BCUT2D eigenvalue weighted by Crippen LogP contribution is -2.42. The molecule has 0 aliphatic heterocycles. The van der Waals surface area contributed by atoms with Crippen LogP contribution in [0.25, 0.3) is 0 Å². The van der Waals surface area contributed by atoms with E-state index in [1.807, 2.05) is 12.1 Å². The number of ether oxygens (including phenoxy) is 1. The van der Waals surface area contributed by atoms with Gasteiger partial charge < -0.3 is 19.8 Å². The van der Waals surface area contributed by atoms with Crippen molar-refractivity contribution in [2.45, 2.75) is 43.6 Å². The number of likely N-dealkylation sites (N-methyl/N-ethyl adjacent to an activating group) is 1. The molecule has 0 bridgehead atoms. The topological polar surface area (TPSA) is 70.0 Å². The lowest BCUT2D eigenvalue weighted by molar-refractivity contribution is -0.0277. The van der Waals surface area contributed by atoms with Gasteiger partial charge in [-0.3, -0.25) is 0 Å². The molecular formula is C24H33NO4. The maximum atomic E-state index is 11.1. The number of aliphatic hydroxyl groups is 1. The highest BCUT2D eigenvalue weighted by Gasteiger charge is 2.38. The van der Waals surface area contributed by atoms with Gasteiger partial charge in [0.05, 0.1) is 18.3 Å². The lowest BCUT2D eigenvalue weighted by Gasteiger charge is -2.40. The van der Waals surface area contributed by atoms with Gasteiger partial charge >= 0.3 is 5.97 Å². The van der Waals surface area contributed by atoms with Crippen LogP contribution >= 0.6 is 0 Å². The molecule has 2 aromatic carbocycles. The van der Waals surface area contributed by atoms with E-state index in [0.717, 1.165) is 38.0 Å². The number of carbonyl (C=O) groups is 1. The summed E-state index contributed by atoms with van der Waals surface area (Å²) in [6, 6.07) is 16.5. The summed E-state index contributed by atoms with van der Waals surface area (Å²) in [5.74, 6) is 0.160. The van der Waals surface area contributed by atoms with Crippen molar-refractivity contribution in [2.24, 2.45) is 0 Å². The Morgan fingerprint density at radius 2 is 1.62 bits per heavy atom. The van der Waals surface area contributed by atoms with Crippen molar-refractivity contribution in [3.63, 3.8) is 0 Å². The van der Waals surface area contributed by atoms with Crippen LogP contribution in [0.5, 0.6) is 5.75 Å². The largest absolute Gasteiger partial charge is 0.497 e.